The third kappa shape index (κ3) is 5.52. The SMILES string of the molecule is CC(C)OC(=O)c1ccccc1Nc1ccnc(Nc2ccc(S(N)(=O)=O)cc2)n1. The fourth-order valence-electron chi connectivity index (χ4n) is 2.53. The number of benzene rings is 2. The number of nitrogens with two attached hydrogens (primary N) is 1. The number of rotatable bonds is 7. The lowest BCUT2D eigenvalue weighted by Crippen LogP contribution is -2.13. The molecule has 0 saturated carbocycles. The normalized spacial score (nSPS) is 11.2. The zero-order valence-electron chi connectivity index (χ0n) is 16.4. The van der Waals surface area contributed by atoms with Gasteiger partial charge in [0.15, 0.2) is 0 Å². The van der Waals surface area contributed by atoms with Gasteiger partial charge in [0.05, 0.1) is 22.3 Å². The van der Waals surface area contributed by atoms with Gasteiger partial charge in [-0.05, 0) is 56.3 Å². The van der Waals surface area contributed by atoms with Crippen molar-refractivity contribution < 1.29 is 17.9 Å². The van der Waals surface area contributed by atoms with Crippen LogP contribution in [-0.4, -0.2) is 30.5 Å². The molecular formula is C20H21N5O4S. The first-order chi connectivity index (χ1) is 14.2. The third-order valence-electron chi connectivity index (χ3n) is 3.85. The summed E-state index contributed by atoms with van der Waals surface area (Å²) in [7, 11) is -3.76. The average molecular weight is 427 g/mol. The van der Waals surface area contributed by atoms with E-state index in [2.05, 4.69) is 20.6 Å². The molecule has 0 unspecified atom stereocenters. The zero-order chi connectivity index (χ0) is 21.7. The number of hydrogen-bond acceptors (Lipinski definition) is 8. The van der Waals surface area contributed by atoms with Gasteiger partial charge in [-0.1, -0.05) is 12.1 Å². The van der Waals surface area contributed by atoms with Crippen LogP contribution in [0.5, 0.6) is 0 Å². The van der Waals surface area contributed by atoms with Crippen molar-refractivity contribution in [3.63, 3.8) is 0 Å². The number of carbonyl (C=O) groups excluding carboxylic acids is 1. The summed E-state index contributed by atoms with van der Waals surface area (Å²) in [6, 6.07) is 14.5. The van der Waals surface area contributed by atoms with E-state index < -0.39 is 16.0 Å². The Morgan fingerprint density at radius 3 is 2.40 bits per heavy atom. The number of nitrogens with zero attached hydrogens (tertiary/aromatic N) is 2. The van der Waals surface area contributed by atoms with Crippen LogP contribution >= 0.6 is 0 Å². The van der Waals surface area contributed by atoms with Crippen molar-refractivity contribution in [2.45, 2.75) is 24.8 Å². The summed E-state index contributed by atoms with van der Waals surface area (Å²) >= 11 is 0. The van der Waals surface area contributed by atoms with Crippen molar-refractivity contribution in [2.75, 3.05) is 10.6 Å². The fourth-order valence-corrected chi connectivity index (χ4v) is 3.05. The molecule has 10 heteroatoms. The Morgan fingerprint density at radius 1 is 1.03 bits per heavy atom. The molecule has 156 valence electrons. The third-order valence-corrected chi connectivity index (χ3v) is 4.78. The van der Waals surface area contributed by atoms with E-state index in [-0.39, 0.29) is 16.9 Å². The van der Waals surface area contributed by atoms with Crippen molar-refractivity contribution in [1.29, 1.82) is 0 Å². The molecule has 0 fully saturated rings. The molecule has 3 rings (SSSR count). The number of esters is 1. The topological polar surface area (TPSA) is 136 Å². The fraction of sp³-hybridized carbons (Fsp3) is 0.150. The molecule has 9 nitrogen and oxygen atoms in total. The molecule has 1 aromatic heterocycles. The summed E-state index contributed by atoms with van der Waals surface area (Å²) in [5.74, 6) is 0.305. The largest absolute Gasteiger partial charge is 0.459 e. The maximum atomic E-state index is 12.3. The molecule has 0 aliphatic carbocycles. The monoisotopic (exact) mass is 427 g/mol. The van der Waals surface area contributed by atoms with Crippen LogP contribution in [0.4, 0.5) is 23.1 Å². The quantitative estimate of drug-likeness (QED) is 0.489. The minimum absolute atomic E-state index is 0.00859. The van der Waals surface area contributed by atoms with Gasteiger partial charge in [0.25, 0.3) is 0 Å². The highest BCUT2D eigenvalue weighted by atomic mass is 32.2. The number of carbonyl (C=O) groups is 1. The molecule has 0 saturated heterocycles. The zero-order valence-corrected chi connectivity index (χ0v) is 17.2. The molecule has 0 bridgehead atoms. The number of para-hydroxylation sites is 1. The van der Waals surface area contributed by atoms with Gasteiger partial charge in [0, 0.05) is 11.9 Å². The summed E-state index contributed by atoms with van der Waals surface area (Å²) in [5.41, 5.74) is 1.52. The molecular weight excluding hydrogens is 406 g/mol. The maximum absolute atomic E-state index is 12.3. The lowest BCUT2D eigenvalue weighted by Gasteiger charge is -2.13. The van der Waals surface area contributed by atoms with Gasteiger partial charge >= 0.3 is 5.97 Å². The van der Waals surface area contributed by atoms with E-state index in [0.29, 0.717) is 22.8 Å². The first kappa shape index (κ1) is 21.2. The second kappa shape index (κ2) is 8.89. The molecule has 0 spiro atoms. The Labute approximate surface area is 174 Å². The number of sulfonamides is 1. The van der Waals surface area contributed by atoms with E-state index in [4.69, 9.17) is 9.88 Å². The van der Waals surface area contributed by atoms with Crippen molar-refractivity contribution in [3.05, 3.63) is 66.4 Å². The van der Waals surface area contributed by atoms with Crippen molar-refractivity contribution in [3.8, 4) is 0 Å². The van der Waals surface area contributed by atoms with Crippen molar-refractivity contribution in [1.82, 2.24) is 9.97 Å². The van der Waals surface area contributed by atoms with E-state index in [1.807, 2.05) is 0 Å². The molecule has 30 heavy (non-hydrogen) atoms. The van der Waals surface area contributed by atoms with Gasteiger partial charge in [0.2, 0.25) is 16.0 Å². The average Bonchev–Trinajstić information content (AvgIpc) is 2.68. The minimum Gasteiger partial charge on any atom is -0.459 e. The molecule has 2 aromatic carbocycles. The molecule has 4 N–H and O–H groups in total. The van der Waals surface area contributed by atoms with Crippen LogP contribution in [0, 0.1) is 0 Å². The second-order valence-corrected chi connectivity index (χ2v) is 8.15. The highest BCUT2D eigenvalue weighted by Crippen LogP contribution is 2.22. The smallest absolute Gasteiger partial charge is 0.340 e. The van der Waals surface area contributed by atoms with Crippen LogP contribution in [0.2, 0.25) is 0 Å². The number of nitrogens with one attached hydrogen (secondary N) is 2. The van der Waals surface area contributed by atoms with Crippen LogP contribution in [0.1, 0.15) is 24.2 Å². The maximum Gasteiger partial charge on any atom is 0.340 e. The molecule has 0 radical (unpaired) electrons. The van der Waals surface area contributed by atoms with Gasteiger partial charge in [-0.15, -0.1) is 0 Å². The van der Waals surface area contributed by atoms with E-state index >= 15 is 0 Å². The summed E-state index contributed by atoms with van der Waals surface area (Å²) in [5, 5.41) is 11.2. The standard InChI is InChI=1S/C20H21N5O4S/c1-13(2)29-19(26)16-5-3-4-6-17(16)24-18-11-12-22-20(25-18)23-14-7-9-15(10-8-14)30(21,27)28/h3-13H,1-2H3,(H2,21,27,28)(H2,22,23,24,25). The van der Waals surface area contributed by atoms with Crippen molar-refractivity contribution >= 4 is 39.1 Å². The molecule has 0 aliphatic heterocycles. The molecule has 0 amide bonds. The minimum atomic E-state index is -3.76. The van der Waals surface area contributed by atoms with Crippen LogP contribution in [0.3, 0.4) is 0 Å². The first-order valence-corrected chi connectivity index (χ1v) is 10.6. The number of hydrogen-bond donors (Lipinski definition) is 3. The molecule has 3 aromatic rings. The number of ether oxygens (including phenoxy) is 1. The van der Waals surface area contributed by atoms with Gasteiger partial charge in [-0.3, -0.25) is 0 Å². The summed E-state index contributed by atoms with van der Waals surface area (Å²) in [4.78, 5) is 20.8. The Morgan fingerprint density at radius 2 is 1.73 bits per heavy atom. The Hall–Kier alpha value is -3.50. The Kier molecular flexibility index (Phi) is 6.28. The second-order valence-electron chi connectivity index (χ2n) is 6.58. The van der Waals surface area contributed by atoms with Crippen LogP contribution in [-0.2, 0) is 14.8 Å². The molecule has 1 heterocycles. The summed E-state index contributed by atoms with van der Waals surface area (Å²) < 4.78 is 28.0. The van der Waals surface area contributed by atoms with Gasteiger partial charge in [0.1, 0.15) is 5.82 Å². The van der Waals surface area contributed by atoms with Crippen LogP contribution in [0.15, 0.2) is 65.7 Å². The highest BCUT2D eigenvalue weighted by Gasteiger charge is 2.14. The first-order valence-electron chi connectivity index (χ1n) is 9.02. The Balaban J connectivity index is 1.78. The van der Waals surface area contributed by atoms with Gasteiger partial charge in [-0.25, -0.2) is 23.3 Å². The Bertz CT molecular complexity index is 1150. The van der Waals surface area contributed by atoms with Gasteiger partial charge < -0.3 is 15.4 Å². The van der Waals surface area contributed by atoms with Gasteiger partial charge in [-0.2, -0.15) is 4.98 Å². The van der Waals surface area contributed by atoms with E-state index in [1.165, 1.54) is 12.1 Å². The molecule has 0 aliphatic rings. The van der Waals surface area contributed by atoms with E-state index in [1.54, 1.807) is 62.5 Å². The predicted molar refractivity (Wildman–Crippen MR) is 113 cm³/mol. The van der Waals surface area contributed by atoms with Crippen molar-refractivity contribution in [2.24, 2.45) is 5.14 Å². The van der Waals surface area contributed by atoms with E-state index in [9.17, 15) is 13.2 Å². The number of anilines is 4. The summed E-state index contributed by atoms with van der Waals surface area (Å²) in [6.45, 7) is 3.57. The lowest BCUT2D eigenvalue weighted by atomic mass is 10.2. The highest BCUT2D eigenvalue weighted by molar-refractivity contribution is 7.89. The lowest BCUT2D eigenvalue weighted by molar-refractivity contribution is 0.0379. The number of primary sulfonamides is 1. The number of aromatic nitrogens is 2. The molecule has 0 atom stereocenters. The van der Waals surface area contributed by atoms with Crippen LogP contribution < -0.4 is 15.8 Å². The van der Waals surface area contributed by atoms with E-state index in [0.717, 1.165) is 0 Å². The predicted octanol–water partition coefficient (Wildman–Crippen LogP) is 3.18. The summed E-state index contributed by atoms with van der Waals surface area (Å²) in [6.07, 6.45) is 1.31. The van der Waals surface area contributed by atoms with Crippen LogP contribution in [0.25, 0.3) is 0 Å².